The van der Waals surface area contributed by atoms with E-state index in [1.54, 1.807) is 0 Å². The largest absolute Gasteiger partial charge is 0.0991 e. The van der Waals surface area contributed by atoms with Crippen LogP contribution >= 0.6 is 0 Å². The summed E-state index contributed by atoms with van der Waals surface area (Å²) < 4.78 is 0. The third-order valence-corrected chi connectivity index (χ3v) is 2.94. The van der Waals surface area contributed by atoms with Crippen LogP contribution in [-0.4, -0.2) is 0 Å². The minimum atomic E-state index is 0.753. The van der Waals surface area contributed by atoms with Gasteiger partial charge in [-0.25, -0.2) is 0 Å². The van der Waals surface area contributed by atoms with Gasteiger partial charge in [-0.3, -0.25) is 0 Å². The summed E-state index contributed by atoms with van der Waals surface area (Å²) in [7, 11) is 0. The first-order chi connectivity index (χ1) is 5.84. The van der Waals surface area contributed by atoms with Crippen molar-refractivity contribution < 1.29 is 0 Å². The van der Waals surface area contributed by atoms with E-state index in [9.17, 15) is 0 Å². The molecule has 1 fully saturated rings. The molecule has 0 N–H and O–H groups in total. The van der Waals surface area contributed by atoms with Gasteiger partial charge in [-0.1, -0.05) is 51.0 Å². The topological polar surface area (TPSA) is 0 Å². The first kappa shape index (κ1) is 9.57. The molecule has 0 aliphatic heterocycles. The summed E-state index contributed by atoms with van der Waals surface area (Å²) in [5.74, 6) is 1.69. The highest BCUT2D eigenvalue weighted by molar-refractivity contribution is 5.00. The maximum absolute atomic E-state index is 3.69. The zero-order chi connectivity index (χ0) is 8.81. The SMILES string of the molecule is C=CC=CC(C)C1CCCCC1. The second kappa shape index (κ2) is 5.18. The average Bonchev–Trinajstić information content (AvgIpc) is 2.15. The van der Waals surface area contributed by atoms with E-state index in [1.807, 2.05) is 6.08 Å². The van der Waals surface area contributed by atoms with Crippen molar-refractivity contribution in [1.82, 2.24) is 0 Å². The Morgan fingerprint density at radius 1 is 1.25 bits per heavy atom. The second-order valence-electron chi connectivity index (χ2n) is 3.88. The first-order valence-corrected chi connectivity index (χ1v) is 5.14. The number of hydrogen-bond acceptors (Lipinski definition) is 0. The summed E-state index contributed by atoms with van der Waals surface area (Å²) in [4.78, 5) is 0. The number of rotatable bonds is 3. The standard InChI is InChI=1S/C12H20/c1-3-4-8-11(2)12-9-6-5-7-10-12/h3-4,8,11-12H,1,5-7,9-10H2,2H3. The molecule has 0 aromatic heterocycles. The van der Waals surface area contributed by atoms with E-state index < -0.39 is 0 Å². The molecule has 0 saturated heterocycles. The number of allylic oxidation sites excluding steroid dienone is 3. The van der Waals surface area contributed by atoms with Crippen LogP contribution in [0.5, 0.6) is 0 Å². The predicted molar refractivity (Wildman–Crippen MR) is 55.1 cm³/mol. The van der Waals surface area contributed by atoms with Crippen LogP contribution in [0.15, 0.2) is 24.8 Å². The Balaban J connectivity index is 2.33. The Labute approximate surface area is 76.4 Å². The maximum atomic E-state index is 3.69. The quantitative estimate of drug-likeness (QED) is 0.554. The second-order valence-corrected chi connectivity index (χ2v) is 3.88. The lowest BCUT2D eigenvalue weighted by atomic mass is 9.81. The number of hydrogen-bond donors (Lipinski definition) is 0. The van der Waals surface area contributed by atoms with Gasteiger partial charge >= 0.3 is 0 Å². The monoisotopic (exact) mass is 164 g/mol. The van der Waals surface area contributed by atoms with Gasteiger partial charge in [0.1, 0.15) is 0 Å². The first-order valence-electron chi connectivity index (χ1n) is 5.14. The smallest absolute Gasteiger partial charge is 0.0230 e. The van der Waals surface area contributed by atoms with Crippen LogP contribution in [0.25, 0.3) is 0 Å². The molecule has 0 aromatic carbocycles. The molecule has 0 radical (unpaired) electrons. The van der Waals surface area contributed by atoms with Crippen LogP contribution in [0.2, 0.25) is 0 Å². The molecule has 0 bridgehead atoms. The van der Waals surface area contributed by atoms with Crippen LogP contribution < -0.4 is 0 Å². The molecule has 1 aliphatic carbocycles. The molecule has 12 heavy (non-hydrogen) atoms. The van der Waals surface area contributed by atoms with E-state index >= 15 is 0 Å². The molecule has 68 valence electrons. The van der Waals surface area contributed by atoms with Gasteiger partial charge in [0.2, 0.25) is 0 Å². The van der Waals surface area contributed by atoms with E-state index in [-0.39, 0.29) is 0 Å². The van der Waals surface area contributed by atoms with Crippen molar-refractivity contribution in [3.05, 3.63) is 24.8 Å². The lowest BCUT2D eigenvalue weighted by molar-refractivity contribution is 0.300. The lowest BCUT2D eigenvalue weighted by Gasteiger charge is -2.25. The van der Waals surface area contributed by atoms with E-state index in [0.717, 1.165) is 11.8 Å². The Morgan fingerprint density at radius 2 is 1.92 bits per heavy atom. The van der Waals surface area contributed by atoms with Crippen LogP contribution in [0.4, 0.5) is 0 Å². The summed E-state index contributed by atoms with van der Waals surface area (Å²) in [5.41, 5.74) is 0. The van der Waals surface area contributed by atoms with Crippen molar-refractivity contribution in [1.29, 1.82) is 0 Å². The fourth-order valence-electron chi connectivity index (χ4n) is 2.07. The fourth-order valence-corrected chi connectivity index (χ4v) is 2.07. The van der Waals surface area contributed by atoms with Crippen molar-refractivity contribution in [3.63, 3.8) is 0 Å². The maximum Gasteiger partial charge on any atom is -0.0230 e. The zero-order valence-corrected chi connectivity index (χ0v) is 8.13. The summed E-state index contributed by atoms with van der Waals surface area (Å²) in [6.45, 7) is 6.02. The van der Waals surface area contributed by atoms with Gasteiger partial charge in [0.25, 0.3) is 0 Å². The summed E-state index contributed by atoms with van der Waals surface area (Å²) >= 11 is 0. The van der Waals surface area contributed by atoms with E-state index in [4.69, 9.17) is 0 Å². The molecule has 1 aliphatic rings. The average molecular weight is 164 g/mol. The molecular formula is C12H20. The van der Waals surface area contributed by atoms with Gasteiger partial charge in [0, 0.05) is 0 Å². The molecule has 0 nitrogen and oxygen atoms in total. The van der Waals surface area contributed by atoms with Gasteiger partial charge < -0.3 is 0 Å². The molecule has 0 heteroatoms. The Hall–Kier alpha value is -0.520. The third kappa shape index (κ3) is 2.84. The van der Waals surface area contributed by atoms with Gasteiger partial charge in [-0.05, 0) is 24.7 Å². The highest BCUT2D eigenvalue weighted by Gasteiger charge is 2.17. The van der Waals surface area contributed by atoms with Gasteiger partial charge in [0.05, 0.1) is 0 Å². The van der Waals surface area contributed by atoms with Crippen LogP contribution in [0.1, 0.15) is 39.0 Å². The highest BCUT2D eigenvalue weighted by atomic mass is 14.2. The summed E-state index contributed by atoms with van der Waals surface area (Å²) in [6.07, 6.45) is 13.5. The van der Waals surface area contributed by atoms with E-state index in [2.05, 4.69) is 25.7 Å². The third-order valence-electron chi connectivity index (χ3n) is 2.94. The normalized spacial score (nSPS) is 22.8. The minimum Gasteiger partial charge on any atom is -0.0991 e. The van der Waals surface area contributed by atoms with Crippen LogP contribution in [-0.2, 0) is 0 Å². The molecule has 1 atom stereocenters. The van der Waals surface area contributed by atoms with Gasteiger partial charge in [-0.2, -0.15) is 0 Å². The molecule has 0 heterocycles. The van der Waals surface area contributed by atoms with Gasteiger partial charge in [-0.15, -0.1) is 0 Å². The van der Waals surface area contributed by atoms with Crippen LogP contribution in [0, 0.1) is 11.8 Å². The van der Waals surface area contributed by atoms with E-state index in [0.29, 0.717) is 0 Å². The molecule has 1 unspecified atom stereocenters. The Bertz CT molecular complexity index is 149. The Kier molecular flexibility index (Phi) is 4.13. The summed E-state index contributed by atoms with van der Waals surface area (Å²) in [6, 6.07) is 0. The van der Waals surface area contributed by atoms with Gasteiger partial charge in [0.15, 0.2) is 0 Å². The van der Waals surface area contributed by atoms with Crippen molar-refractivity contribution >= 4 is 0 Å². The lowest BCUT2D eigenvalue weighted by Crippen LogP contribution is -2.13. The van der Waals surface area contributed by atoms with Crippen molar-refractivity contribution in [2.45, 2.75) is 39.0 Å². The van der Waals surface area contributed by atoms with Crippen molar-refractivity contribution in [2.24, 2.45) is 11.8 Å². The molecule has 0 amide bonds. The Morgan fingerprint density at radius 3 is 2.50 bits per heavy atom. The van der Waals surface area contributed by atoms with Crippen LogP contribution in [0.3, 0.4) is 0 Å². The highest BCUT2D eigenvalue weighted by Crippen LogP contribution is 2.30. The minimum absolute atomic E-state index is 0.753. The van der Waals surface area contributed by atoms with Crippen molar-refractivity contribution in [2.75, 3.05) is 0 Å². The fraction of sp³-hybridized carbons (Fsp3) is 0.667. The molecule has 1 rings (SSSR count). The molecule has 0 aromatic rings. The molecule has 1 saturated carbocycles. The predicted octanol–water partition coefficient (Wildman–Crippen LogP) is 3.95. The molecular weight excluding hydrogens is 144 g/mol. The van der Waals surface area contributed by atoms with E-state index in [1.165, 1.54) is 32.1 Å². The molecule has 0 spiro atoms. The summed E-state index contributed by atoms with van der Waals surface area (Å²) in [5, 5.41) is 0. The van der Waals surface area contributed by atoms with Crippen molar-refractivity contribution in [3.8, 4) is 0 Å². The zero-order valence-electron chi connectivity index (χ0n) is 8.13.